The zero-order chi connectivity index (χ0) is 52.7. The van der Waals surface area contributed by atoms with Gasteiger partial charge in [0, 0.05) is 6.42 Å². The van der Waals surface area contributed by atoms with Crippen LogP contribution in [0.3, 0.4) is 0 Å². The standard InChI is InChI=1S/C63H115N2O6P/c1-6-8-10-12-14-16-18-20-22-24-26-28-30-31-32-33-35-37-39-41-43-45-47-49-51-53-55-57-63(67)64-61(60-71-72(68,69)70-59-58-65(3,4)5)62(66)56-54-52-50-48-46-44-42-40-38-36-34-29-27-25-23-21-19-17-15-13-11-9-7-2/h8,10,14,16,20,22,26,28,31-32,35,37,54,56,61-62,66H,6-7,9,11-13,15,17-19,21,23-25,27,29-30,33-34,36,38-53,55,57-60H2,1-5H3,(H-,64,67,68,69)/b10-8-,16-14-,22-20-,28-26-,32-31-,37-35-,56-54+. The smallest absolute Gasteiger partial charge is 0.268 e. The highest BCUT2D eigenvalue weighted by Gasteiger charge is 2.23. The van der Waals surface area contributed by atoms with E-state index in [-0.39, 0.29) is 19.1 Å². The predicted molar refractivity (Wildman–Crippen MR) is 311 cm³/mol. The van der Waals surface area contributed by atoms with Gasteiger partial charge in [0.15, 0.2) is 0 Å². The van der Waals surface area contributed by atoms with E-state index in [1.807, 2.05) is 27.2 Å². The van der Waals surface area contributed by atoms with Crippen LogP contribution in [0.25, 0.3) is 0 Å². The van der Waals surface area contributed by atoms with Crippen molar-refractivity contribution in [2.45, 2.75) is 270 Å². The van der Waals surface area contributed by atoms with E-state index >= 15 is 0 Å². The van der Waals surface area contributed by atoms with Crippen LogP contribution in [0.1, 0.15) is 258 Å². The first kappa shape index (κ1) is 69.7. The summed E-state index contributed by atoms with van der Waals surface area (Å²) in [6.07, 6.45) is 75.1. The number of nitrogens with zero attached hydrogens (tertiary/aromatic N) is 1. The molecular formula is C63H115N2O6P. The van der Waals surface area contributed by atoms with Gasteiger partial charge in [-0.1, -0.05) is 266 Å². The minimum Gasteiger partial charge on any atom is -0.756 e. The third-order valence-electron chi connectivity index (χ3n) is 13.1. The summed E-state index contributed by atoms with van der Waals surface area (Å²) >= 11 is 0. The van der Waals surface area contributed by atoms with Crippen LogP contribution in [0.4, 0.5) is 0 Å². The number of hydrogen-bond donors (Lipinski definition) is 2. The third-order valence-corrected chi connectivity index (χ3v) is 14.1. The van der Waals surface area contributed by atoms with Gasteiger partial charge in [-0.05, 0) is 70.6 Å². The van der Waals surface area contributed by atoms with Gasteiger partial charge in [-0.15, -0.1) is 0 Å². The number of carbonyl (C=O) groups is 1. The molecule has 0 heterocycles. The van der Waals surface area contributed by atoms with Crippen molar-refractivity contribution in [3.05, 3.63) is 85.1 Å². The Hall–Kier alpha value is -2.32. The Bertz CT molecular complexity index is 1450. The van der Waals surface area contributed by atoms with Gasteiger partial charge < -0.3 is 28.8 Å². The van der Waals surface area contributed by atoms with E-state index in [2.05, 4.69) is 92.1 Å². The number of rotatable bonds is 54. The average Bonchev–Trinajstić information content (AvgIpc) is 3.34. The molecule has 8 nitrogen and oxygen atoms in total. The van der Waals surface area contributed by atoms with Gasteiger partial charge in [0.05, 0.1) is 39.9 Å². The molecular weight excluding hydrogens is 912 g/mol. The van der Waals surface area contributed by atoms with Crippen molar-refractivity contribution in [1.82, 2.24) is 5.32 Å². The molecule has 0 aromatic rings. The first-order chi connectivity index (χ1) is 35.0. The van der Waals surface area contributed by atoms with Gasteiger partial charge in [0.25, 0.3) is 7.82 Å². The monoisotopic (exact) mass is 1030 g/mol. The highest BCUT2D eigenvalue weighted by atomic mass is 31.2. The van der Waals surface area contributed by atoms with Gasteiger partial charge in [0.1, 0.15) is 13.2 Å². The second kappa shape index (κ2) is 53.5. The molecule has 0 saturated heterocycles. The molecule has 0 bridgehead atoms. The number of hydrogen-bond acceptors (Lipinski definition) is 6. The predicted octanol–water partition coefficient (Wildman–Crippen LogP) is 17.8. The molecule has 0 spiro atoms. The van der Waals surface area contributed by atoms with Crippen LogP contribution in [0.2, 0.25) is 0 Å². The molecule has 2 N–H and O–H groups in total. The van der Waals surface area contributed by atoms with Crippen molar-refractivity contribution in [3.8, 4) is 0 Å². The Morgan fingerprint density at radius 1 is 0.500 bits per heavy atom. The zero-order valence-corrected chi connectivity index (χ0v) is 48.5. The quantitative estimate of drug-likeness (QED) is 0.0272. The molecule has 0 aliphatic heterocycles. The Balaban J connectivity index is 4.24. The summed E-state index contributed by atoms with van der Waals surface area (Å²) in [4.78, 5) is 25.5. The molecule has 1 amide bonds. The summed E-state index contributed by atoms with van der Waals surface area (Å²) in [5.74, 6) is -0.207. The lowest BCUT2D eigenvalue weighted by Crippen LogP contribution is -2.45. The maximum Gasteiger partial charge on any atom is 0.268 e. The second-order valence-corrected chi connectivity index (χ2v) is 22.7. The summed E-state index contributed by atoms with van der Waals surface area (Å²) in [6, 6.07) is -0.898. The van der Waals surface area contributed by atoms with E-state index in [4.69, 9.17) is 9.05 Å². The number of nitrogens with one attached hydrogen (secondary N) is 1. The molecule has 3 unspecified atom stereocenters. The molecule has 0 rings (SSSR count). The molecule has 0 aromatic carbocycles. The van der Waals surface area contributed by atoms with Crippen molar-refractivity contribution in [1.29, 1.82) is 0 Å². The zero-order valence-electron chi connectivity index (χ0n) is 47.6. The van der Waals surface area contributed by atoms with Gasteiger partial charge in [-0.2, -0.15) is 0 Å². The topological polar surface area (TPSA) is 108 Å². The van der Waals surface area contributed by atoms with Crippen LogP contribution in [-0.2, 0) is 18.4 Å². The maximum atomic E-state index is 13.0. The fourth-order valence-corrected chi connectivity index (χ4v) is 9.17. The first-order valence-corrected chi connectivity index (χ1v) is 31.4. The number of allylic oxidation sites excluding steroid dienone is 13. The Kier molecular flexibility index (Phi) is 51.8. The highest BCUT2D eigenvalue weighted by Crippen LogP contribution is 2.38. The highest BCUT2D eigenvalue weighted by molar-refractivity contribution is 7.45. The summed E-state index contributed by atoms with van der Waals surface area (Å²) in [5, 5.41) is 13.9. The minimum absolute atomic E-state index is 0.00636. The van der Waals surface area contributed by atoms with E-state index in [9.17, 15) is 19.4 Å². The molecule has 0 aliphatic rings. The van der Waals surface area contributed by atoms with Crippen molar-refractivity contribution in [2.24, 2.45) is 0 Å². The molecule has 0 fully saturated rings. The molecule has 0 radical (unpaired) electrons. The number of unbranched alkanes of at least 4 members (excludes halogenated alkanes) is 29. The van der Waals surface area contributed by atoms with Crippen LogP contribution in [0.5, 0.6) is 0 Å². The van der Waals surface area contributed by atoms with Gasteiger partial charge in [-0.25, -0.2) is 0 Å². The molecule has 0 aliphatic carbocycles. The molecule has 0 saturated carbocycles. The molecule has 3 atom stereocenters. The molecule has 9 heteroatoms. The minimum atomic E-state index is -4.61. The number of phosphoric ester groups is 1. The van der Waals surface area contributed by atoms with Crippen molar-refractivity contribution >= 4 is 13.7 Å². The number of aliphatic hydroxyl groups excluding tert-OH is 1. The lowest BCUT2D eigenvalue weighted by Gasteiger charge is -2.29. The number of phosphoric acid groups is 1. The summed E-state index contributed by atoms with van der Waals surface area (Å²) in [6.45, 7) is 4.55. The van der Waals surface area contributed by atoms with Crippen LogP contribution in [-0.4, -0.2) is 68.5 Å². The normalized spacial score (nSPS) is 14.5. The maximum absolute atomic E-state index is 13.0. The Labute approximate surface area is 446 Å². The van der Waals surface area contributed by atoms with Crippen molar-refractivity contribution in [3.63, 3.8) is 0 Å². The van der Waals surface area contributed by atoms with Gasteiger partial charge in [0.2, 0.25) is 5.91 Å². The number of likely N-dealkylation sites (N-methyl/N-ethyl adjacent to an activating group) is 1. The van der Waals surface area contributed by atoms with Gasteiger partial charge >= 0.3 is 0 Å². The molecule has 0 aromatic heterocycles. The lowest BCUT2D eigenvalue weighted by molar-refractivity contribution is -0.870. The lowest BCUT2D eigenvalue weighted by atomic mass is 10.0. The van der Waals surface area contributed by atoms with E-state index < -0.39 is 20.0 Å². The van der Waals surface area contributed by atoms with E-state index in [0.29, 0.717) is 17.4 Å². The van der Waals surface area contributed by atoms with Crippen LogP contribution >= 0.6 is 7.82 Å². The second-order valence-electron chi connectivity index (χ2n) is 21.3. The largest absolute Gasteiger partial charge is 0.756 e. The van der Waals surface area contributed by atoms with E-state index in [0.717, 1.165) is 89.9 Å². The van der Waals surface area contributed by atoms with Gasteiger partial charge in [-0.3, -0.25) is 9.36 Å². The number of quaternary nitrogens is 1. The summed E-state index contributed by atoms with van der Waals surface area (Å²) in [7, 11) is 1.25. The number of aliphatic hydroxyl groups is 1. The Morgan fingerprint density at radius 2 is 0.847 bits per heavy atom. The first-order valence-electron chi connectivity index (χ1n) is 29.9. The van der Waals surface area contributed by atoms with Crippen LogP contribution in [0.15, 0.2) is 85.1 Å². The number of carbonyl (C=O) groups excluding carboxylic acids is 1. The van der Waals surface area contributed by atoms with Crippen LogP contribution in [0, 0.1) is 0 Å². The van der Waals surface area contributed by atoms with E-state index in [1.54, 1.807) is 6.08 Å². The average molecular weight is 1030 g/mol. The fraction of sp³-hybridized carbons (Fsp3) is 0.762. The molecule has 72 heavy (non-hydrogen) atoms. The van der Waals surface area contributed by atoms with E-state index in [1.165, 1.54) is 148 Å². The summed E-state index contributed by atoms with van der Waals surface area (Å²) < 4.78 is 23.4. The van der Waals surface area contributed by atoms with Crippen LogP contribution < -0.4 is 10.2 Å². The van der Waals surface area contributed by atoms with Crippen molar-refractivity contribution in [2.75, 3.05) is 40.9 Å². The third kappa shape index (κ3) is 55.4. The number of amides is 1. The molecule has 418 valence electrons. The Morgan fingerprint density at radius 3 is 1.24 bits per heavy atom. The fourth-order valence-electron chi connectivity index (χ4n) is 8.45. The van der Waals surface area contributed by atoms with Crippen molar-refractivity contribution < 1.29 is 32.9 Å². The summed E-state index contributed by atoms with van der Waals surface area (Å²) in [5.41, 5.74) is 0. The SMILES string of the molecule is CC/C=C\C/C=C\C/C=C\C/C=C\C/C=C\C/C=C\CCCCCCCCCCC(=O)NC(COP(=O)([O-])OCC[N+](C)(C)C)C(O)/C=C/CCCCCCCCCCCCCCCCCCCCCCC.